The molecule has 0 aromatic rings. The zero-order valence-corrected chi connectivity index (χ0v) is 12.2. The van der Waals surface area contributed by atoms with E-state index in [9.17, 15) is 0 Å². The standard InChI is InChI=1S/C15H31NO/c1-5-16-14(13(2)9-12-17-4)15(3)10-7-6-8-11-15/h13-14,16H,5-12H2,1-4H3. The summed E-state index contributed by atoms with van der Waals surface area (Å²) in [4.78, 5) is 0. The van der Waals surface area contributed by atoms with Gasteiger partial charge >= 0.3 is 0 Å². The van der Waals surface area contributed by atoms with Gasteiger partial charge in [0.2, 0.25) is 0 Å². The molecule has 2 heteroatoms. The summed E-state index contributed by atoms with van der Waals surface area (Å²) >= 11 is 0. The molecule has 0 aliphatic heterocycles. The minimum absolute atomic E-state index is 0.501. The van der Waals surface area contributed by atoms with Crippen LogP contribution in [0.1, 0.15) is 59.3 Å². The van der Waals surface area contributed by atoms with E-state index in [0.29, 0.717) is 17.4 Å². The van der Waals surface area contributed by atoms with Crippen molar-refractivity contribution in [2.24, 2.45) is 11.3 Å². The van der Waals surface area contributed by atoms with Crippen LogP contribution in [-0.4, -0.2) is 26.3 Å². The van der Waals surface area contributed by atoms with Crippen LogP contribution in [0.2, 0.25) is 0 Å². The molecule has 1 aliphatic rings. The predicted molar refractivity (Wildman–Crippen MR) is 74.3 cm³/mol. The van der Waals surface area contributed by atoms with E-state index in [0.717, 1.165) is 13.2 Å². The number of methoxy groups -OCH3 is 1. The number of rotatable bonds is 7. The van der Waals surface area contributed by atoms with Gasteiger partial charge in [0.05, 0.1) is 0 Å². The average molecular weight is 241 g/mol. The number of hydrogen-bond acceptors (Lipinski definition) is 2. The van der Waals surface area contributed by atoms with Gasteiger partial charge in [0, 0.05) is 19.8 Å². The van der Waals surface area contributed by atoms with E-state index in [1.807, 2.05) is 0 Å². The zero-order chi connectivity index (χ0) is 12.7. The topological polar surface area (TPSA) is 21.3 Å². The van der Waals surface area contributed by atoms with Gasteiger partial charge < -0.3 is 10.1 Å². The van der Waals surface area contributed by atoms with Crippen LogP contribution in [-0.2, 0) is 4.74 Å². The highest BCUT2D eigenvalue weighted by molar-refractivity contribution is 4.92. The van der Waals surface area contributed by atoms with Crippen molar-refractivity contribution in [3.05, 3.63) is 0 Å². The van der Waals surface area contributed by atoms with Gasteiger partial charge in [0.1, 0.15) is 0 Å². The third-order valence-electron chi connectivity index (χ3n) is 4.52. The van der Waals surface area contributed by atoms with E-state index in [-0.39, 0.29) is 0 Å². The molecule has 1 saturated carbocycles. The van der Waals surface area contributed by atoms with Gasteiger partial charge in [-0.1, -0.05) is 40.0 Å². The SMILES string of the molecule is CCNC(C(C)CCOC)C1(C)CCCCC1. The van der Waals surface area contributed by atoms with Crippen molar-refractivity contribution in [3.8, 4) is 0 Å². The molecular formula is C15H31NO. The second-order valence-electron chi connectivity index (χ2n) is 6.01. The number of hydrogen-bond donors (Lipinski definition) is 1. The van der Waals surface area contributed by atoms with Crippen LogP contribution in [0.25, 0.3) is 0 Å². The first-order chi connectivity index (χ1) is 8.14. The Hall–Kier alpha value is -0.0800. The maximum atomic E-state index is 5.23. The third-order valence-corrected chi connectivity index (χ3v) is 4.52. The number of ether oxygens (including phenoxy) is 1. The van der Waals surface area contributed by atoms with Gasteiger partial charge in [-0.05, 0) is 37.1 Å². The molecule has 0 amide bonds. The minimum Gasteiger partial charge on any atom is -0.385 e. The maximum Gasteiger partial charge on any atom is 0.0465 e. The number of nitrogens with one attached hydrogen (secondary N) is 1. The fraction of sp³-hybridized carbons (Fsp3) is 1.00. The average Bonchev–Trinajstić information content (AvgIpc) is 2.33. The van der Waals surface area contributed by atoms with Crippen molar-refractivity contribution in [1.29, 1.82) is 0 Å². The summed E-state index contributed by atoms with van der Waals surface area (Å²) in [5, 5.41) is 3.75. The molecule has 0 saturated heterocycles. The third kappa shape index (κ3) is 4.26. The summed E-state index contributed by atoms with van der Waals surface area (Å²) in [7, 11) is 1.80. The Balaban J connectivity index is 2.61. The Morgan fingerprint density at radius 3 is 2.41 bits per heavy atom. The Labute approximate surface area is 108 Å². The van der Waals surface area contributed by atoms with Crippen LogP contribution in [0, 0.1) is 11.3 Å². The molecule has 1 rings (SSSR count). The van der Waals surface area contributed by atoms with Crippen LogP contribution in [0.15, 0.2) is 0 Å². The van der Waals surface area contributed by atoms with Gasteiger partial charge in [0.15, 0.2) is 0 Å². The maximum absolute atomic E-state index is 5.23. The van der Waals surface area contributed by atoms with E-state index in [4.69, 9.17) is 4.74 Å². The molecule has 0 bridgehead atoms. The molecular weight excluding hydrogens is 210 g/mol. The molecule has 2 nitrogen and oxygen atoms in total. The van der Waals surface area contributed by atoms with E-state index < -0.39 is 0 Å². The second kappa shape index (κ2) is 7.38. The van der Waals surface area contributed by atoms with Crippen LogP contribution < -0.4 is 5.32 Å². The fourth-order valence-electron chi connectivity index (χ4n) is 3.50. The van der Waals surface area contributed by atoms with E-state index in [2.05, 4.69) is 26.1 Å². The quantitative estimate of drug-likeness (QED) is 0.735. The molecule has 1 N–H and O–H groups in total. The highest BCUT2D eigenvalue weighted by Crippen LogP contribution is 2.41. The molecule has 102 valence electrons. The first kappa shape index (κ1) is 15.0. The molecule has 2 atom stereocenters. The molecule has 0 spiro atoms. The summed E-state index contributed by atoms with van der Waals surface area (Å²) in [6.45, 7) is 9.06. The van der Waals surface area contributed by atoms with Crippen molar-refractivity contribution in [2.75, 3.05) is 20.3 Å². The second-order valence-corrected chi connectivity index (χ2v) is 6.01. The first-order valence-electron chi connectivity index (χ1n) is 7.36. The zero-order valence-electron chi connectivity index (χ0n) is 12.2. The molecule has 1 aliphatic carbocycles. The lowest BCUT2D eigenvalue weighted by Gasteiger charge is -2.44. The summed E-state index contributed by atoms with van der Waals surface area (Å²) in [6.07, 6.45) is 8.21. The van der Waals surface area contributed by atoms with Crippen molar-refractivity contribution < 1.29 is 4.74 Å². The Morgan fingerprint density at radius 2 is 1.88 bits per heavy atom. The largest absolute Gasteiger partial charge is 0.385 e. The van der Waals surface area contributed by atoms with Gasteiger partial charge in [-0.15, -0.1) is 0 Å². The lowest BCUT2D eigenvalue weighted by atomic mass is 9.66. The lowest BCUT2D eigenvalue weighted by molar-refractivity contribution is 0.0893. The fourth-order valence-corrected chi connectivity index (χ4v) is 3.50. The van der Waals surface area contributed by atoms with Crippen molar-refractivity contribution in [2.45, 2.75) is 65.3 Å². The molecule has 0 aromatic carbocycles. The summed E-state index contributed by atoms with van der Waals surface area (Å²) in [5.74, 6) is 0.706. The normalized spacial score (nSPS) is 23.3. The van der Waals surface area contributed by atoms with Crippen LogP contribution in [0.3, 0.4) is 0 Å². The Kier molecular flexibility index (Phi) is 6.50. The van der Waals surface area contributed by atoms with E-state index in [1.54, 1.807) is 7.11 Å². The molecule has 17 heavy (non-hydrogen) atoms. The van der Waals surface area contributed by atoms with Crippen LogP contribution in [0.5, 0.6) is 0 Å². The van der Waals surface area contributed by atoms with Crippen molar-refractivity contribution in [3.63, 3.8) is 0 Å². The van der Waals surface area contributed by atoms with Gasteiger partial charge in [-0.25, -0.2) is 0 Å². The molecule has 0 aromatic heterocycles. The summed E-state index contributed by atoms with van der Waals surface area (Å²) in [5.41, 5.74) is 0.501. The monoisotopic (exact) mass is 241 g/mol. The van der Waals surface area contributed by atoms with E-state index in [1.165, 1.54) is 38.5 Å². The Bertz CT molecular complexity index is 199. The van der Waals surface area contributed by atoms with Gasteiger partial charge in [-0.2, -0.15) is 0 Å². The molecule has 1 fully saturated rings. The smallest absolute Gasteiger partial charge is 0.0465 e. The van der Waals surface area contributed by atoms with Crippen LogP contribution >= 0.6 is 0 Å². The highest BCUT2D eigenvalue weighted by Gasteiger charge is 2.37. The van der Waals surface area contributed by atoms with Crippen molar-refractivity contribution in [1.82, 2.24) is 5.32 Å². The first-order valence-corrected chi connectivity index (χ1v) is 7.36. The highest BCUT2D eigenvalue weighted by atomic mass is 16.5. The predicted octanol–water partition coefficient (Wildman–Crippen LogP) is 3.61. The minimum atomic E-state index is 0.501. The molecule has 2 unspecified atom stereocenters. The lowest BCUT2D eigenvalue weighted by Crippen LogP contribution is -2.49. The van der Waals surface area contributed by atoms with Gasteiger partial charge in [0.25, 0.3) is 0 Å². The summed E-state index contributed by atoms with van der Waals surface area (Å²) in [6, 6.07) is 0.656. The van der Waals surface area contributed by atoms with Crippen molar-refractivity contribution >= 4 is 0 Å². The molecule has 0 heterocycles. The molecule has 0 radical (unpaired) electrons. The van der Waals surface area contributed by atoms with Gasteiger partial charge in [-0.3, -0.25) is 0 Å². The van der Waals surface area contributed by atoms with Crippen LogP contribution in [0.4, 0.5) is 0 Å². The summed E-state index contributed by atoms with van der Waals surface area (Å²) < 4.78 is 5.23. The Morgan fingerprint density at radius 1 is 1.24 bits per heavy atom. The van der Waals surface area contributed by atoms with E-state index >= 15 is 0 Å².